The highest BCUT2D eigenvalue weighted by molar-refractivity contribution is 7.91. The van der Waals surface area contributed by atoms with Crippen molar-refractivity contribution in [3.8, 4) is 11.5 Å². The lowest BCUT2D eigenvalue weighted by Crippen LogP contribution is -2.17. The van der Waals surface area contributed by atoms with Crippen LogP contribution in [0.3, 0.4) is 0 Å². The maximum Gasteiger partial charge on any atom is 0.336 e. The molecule has 3 rings (SSSR count). The van der Waals surface area contributed by atoms with Gasteiger partial charge in [-0.3, -0.25) is 0 Å². The number of sulfone groups is 1. The van der Waals surface area contributed by atoms with Gasteiger partial charge in [-0.1, -0.05) is 30.3 Å². The molecular weight excluding hydrogens is 430 g/mol. The van der Waals surface area contributed by atoms with Crippen LogP contribution in [0.25, 0.3) is 0 Å². The summed E-state index contributed by atoms with van der Waals surface area (Å²) in [5, 5.41) is 9.91. The van der Waals surface area contributed by atoms with E-state index < -0.39 is 15.8 Å². The quantitative estimate of drug-likeness (QED) is 0.489. The molecule has 0 bridgehead atoms. The Bertz CT molecular complexity index is 1220. The van der Waals surface area contributed by atoms with Crippen LogP contribution in [0.2, 0.25) is 0 Å². The summed E-state index contributed by atoms with van der Waals surface area (Å²) < 4.78 is 37.7. The van der Waals surface area contributed by atoms with Crippen LogP contribution >= 0.6 is 0 Å². The molecule has 0 spiro atoms. The average Bonchev–Trinajstić information content (AvgIpc) is 2.76. The summed E-state index contributed by atoms with van der Waals surface area (Å²) in [5.41, 5.74) is 7.18. The molecule has 0 fully saturated rings. The Kier molecular flexibility index (Phi) is 6.74. The predicted octanol–water partition coefficient (Wildman–Crippen LogP) is 4.19. The summed E-state index contributed by atoms with van der Waals surface area (Å²) in [5.74, 6) is -0.711. The number of carboxylic acid groups (broad SMARTS) is 1. The normalized spacial score (nSPS) is 11.4. The minimum absolute atomic E-state index is 0.0346. The van der Waals surface area contributed by atoms with Gasteiger partial charge in [0.2, 0.25) is 9.84 Å². The number of ether oxygens (including phenoxy) is 2. The number of nitrogens with two attached hydrogens (primary N) is 1. The number of methoxy groups -OCH3 is 1. The van der Waals surface area contributed by atoms with Crippen molar-refractivity contribution in [3.63, 3.8) is 0 Å². The summed E-state index contributed by atoms with van der Waals surface area (Å²) >= 11 is 0. The highest BCUT2D eigenvalue weighted by Gasteiger charge is 2.29. The number of carbonyl (C=O) groups is 1. The van der Waals surface area contributed by atoms with E-state index in [4.69, 9.17) is 15.2 Å². The third kappa shape index (κ3) is 4.70. The second kappa shape index (κ2) is 9.32. The van der Waals surface area contributed by atoms with E-state index >= 15 is 0 Å². The van der Waals surface area contributed by atoms with Crippen molar-refractivity contribution in [2.45, 2.75) is 36.2 Å². The summed E-state index contributed by atoms with van der Waals surface area (Å²) in [6, 6.07) is 16.1. The number of nitrogen functional groups attached to an aromatic ring is 1. The van der Waals surface area contributed by atoms with E-state index in [1.54, 1.807) is 13.8 Å². The Morgan fingerprint density at radius 3 is 2.22 bits per heavy atom. The first-order valence-corrected chi connectivity index (χ1v) is 11.4. The maximum atomic E-state index is 13.4. The van der Waals surface area contributed by atoms with Crippen LogP contribution < -0.4 is 15.2 Å². The molecule has 0 aliphatic heterocycles. The van der Waals surface area contributed by atoms with Gasteiger partial charge in [0.1, 0.15) is 11.5 Å². The van der Waals surface area contributed by atoms with Gasteiger partial charge in [0, 0.05) is 12.0 Å². The van der Waals surface area contributed by atoms with E-state index in [1.807, 2.05) is 30.3 Å². The molecule has 3 aromatic rings. The van der Waals surface area contributed by atoms with Crippen molar-refractivity contribution in [3.05, 3.63) is 77.4 Å². The monoisotopic (exact) mass is 455 g/mol. The van der Waals surface area contributed by atoms with Crippen LogP contribution in [0.5, 0.6) is 11.5 Å². The fraction of sp³-hybridized carbons (Fsp3) is 0.208. The summed E-state index contributed by atoms with van der Waals surface area (Å²) in [6.07, 6.45) is -0.134. The van der Waals surface area contributed by atoms with Crippen molar-refractivity contribution in [2.75, 3.05) is 12.8 Å². The Balaban J connectivity index is 2.25. The molecular formula is C24H25NO6S. The smallest absolute Gasteiger partial charge is 0.336 e. The number of hydrogen-bond acceptors (Lipinski definition) is 6. The van der Waals surface area contributed by atoms with Gasteiger partial charge in [0.05, 0.1) is 34.3 Å². The van der Waals surface area contributed by atoms with Gasteiger partial charge in [-0.15, -0.1) is 0 Å². The molecule has 0 unspecified atom stereocenters. The number of rotatable bonds is 8. The topological polar surface area (TPSA) is 116 Å². The maximum absolute atomic E-state index is 13.4. The van der Waals surface area contributed by atoms with Crippen LogP contribution in [-0.2, 0) is 16.3 Å². The zero-order valence-corrected chi connectivity index (χ0v) is 18.8. The first-order chi connectivity index (χ1) is 15.1. The van der Waals surface area contributed by atoms with Crippen molar-refractivity contribution in [2.24, 2.45) is 0 Å². The molecule has 0 aliphatic rings. The Labute approximate surface area is 187 Å². The number of hydrogen-bond donors (Lipinski definition) is 2. The van der Waals surface area contributed by atoms with Crippen molar-refractivity contribution < 1.29 is 27.8 Å². The van der Waals surface area contributed by atoms with Gasteiger partial charge in [0.15, 0.2) is 0 Å². The number of anilines is 1. The first kappa shape index (κ1) is 23.1. The molecule has 0 aliphatic carbocycles. The zero-order valence-electron chi connectivity index (χ0n) is 18.0. The molecule has 32 heavy (non-hydrogen) atoms. The minimum atomic E-state index is -4.12. The predicted molar refractivity (Wildman–Crippen MR) is 121 cm³/mol. The largest absolute Gasteiger partial charge is 0.497 e. The van der Waals surface area contributed by atoms with E-state index in [0.717, 1.165) is 11.6 Å². The third-order valence-corrected chi connectivity index (χ3v) is 6.66. The van der Waals surface area contributed by atoms with Gasteiger partial charge < -0.3 is 20.3 Å². The molecule has 7 nitrogen and oxygen atoms in total. The van der Waals surface area contributed by atoms with E-state index in [2.05, 4.69) is 0 Å². The molecule has 0 saturated heterocycles. The van der Waals surface area contributed by atoms with E-state index in [-0.39, 0.29) is 39.3 Å². The summed E-state index contributed by atoms with van der Waals surface area (Å²) in [7, 11) is -2.65. The fourth-order valence-corrected chi connectivity index (χ4v) is 4.74. The molecule has 0 heterocycles. The van der Waals surface area contributed by atoms with Crippen LogP contribution in [0.1, 0.15) is 35.3 Å². The van der Waals surface area contributed by atoms with Crippen molar-refractivity contribution in [1.29, 1.82) is 0 Å². The number of benzene rings is 3. The van der Waals surface area contributed by atoms with E-state index in [9.17, 15) is 18.3 Å². The highest BCUT2D eigenvalue weighted by atomic mass is 32.2. The molecule has 3 aromatic carbocycles. The summed E-state index contributed by atoms with van der Waals surface area (Å²) in [6.45, 7) is 3.52. The van der Waals surface area contributed by atoms with Gasteiger partial charge in [0.25, 0.3) is 0 Å². The summed E-state index contributed by atoms with van der Waals surface area (Å²) in [4.78, 5) is 11.8. The Morgan fingerprint density at radius 1 is 1.06 bits per heavy atom. The first-order valence-electron chi connectivity index (χ1n) is 9.93. The van der Waals surface area contributed by atoms with Gasteiger partial charge in [-0.25, -0.2) is 13.2 Å². The van der Waals surface area contributed by atoms with Crippen LogP contribution in [0, 0.1) is 0 Å². The third-order valence-electron chi connectivity index (χ3n) is 4.85. The lowest BCUT2D eigenvalue weighted by atomic mass is 9.97. The van der Waals surface area contributed by atoms with Gasteiger partial charge in [-0.2, -0.15) is 0 Å². The van der Waals surface area contributed by atoms with Crippen LogP contribution in [0.4, 0.5) is 5.69 Å². The zero-order chi connectivity index (χ0) is 23.5. The van der Waals surface area contributed by atoms with Crippen molar-refractivity contribution in [1.82, 2.24) is 0 Å². The Morgan fingerprint density at radius 2 is 1.69 bits per heavy atom. The molecule has 8 heteroatoms. The molecule has 0 amide bonds. The molecule has 0 atom stereocenters. The van der Waals surface area contributed by atoms with Gasteiger partial charge in [-0.05, 0) is 49.7 Å². The number of aromatic carboxylic acids is 1. The second-order valence-electron chi connectivity index (χ2n) is 7.46. The second-order valence-corrected chi connectivity index (χ2v) is 9.37. The number of carboxylic acids is 1. The average molecular weight is 456 g/mol. The molecule has 3 N–H and O–H groups in total. The van der Waals surface area contributed by atoms with Crippen LogP contribution in [-0.4, -0.2) is 32.7 Å². The van der Waals surface area contributed by atoms with E-state index in [1.165, 1.54) is 31.4 Å². The molecule has 168 valence electrons. The lowest BCUT2D eigenvalue weighted by Gasteiger charge is -2.21. The van der Waals surface area contributed by atoms with Crippen LogP contribution in [0.15, 0.2) is 70.5 Å². The van der Waals surface area contributed by atoms with E-state index in [0.29, 0.717) is 11.3 Å². The molecule has 0 saturated carbocycles. The van der Waals surface area contributed by atoms with Gasteiger partial charge >= 0.3 is 5.97 Å². The minimum Gasteiger partial charge on any atom is -0.497 e. The highest BCUT2D eigenvalue weighted by Crippen LogP contribution is 2.40. The SMILES string of the molecule is COc1ccc(S(=O)(=O)c2cc(C(=O)O)c(Cc3ccccc3)c(OC(C)C)c2N)cc1. The van der Waals surface area contributed by atoms with Crippen molar-refractivity contribution >= 4 is 21.5 Å². The molecule has 0 aromatic heterocycles. The molecule has 0 radical (unpaired) electrons. The lowest BCUT2D eigenvalue weighted by molar-refractivity contribution is 0.0694. The fourth-order valence-electron chi connectivity index (χ4n) is 3.33. The Hall–Kier alpha value is -3.52. The standard InChI is InChI=1S/C24H25NO6S/c1-15(2)31-23-19(13-16-7-5-4-6-8-16)20(24(26)27)14-21(22(23)25)32(28,29)18-11-9-17(30-3)10-12-18/h4-12,14-15H,13,25H2,1-3H3,(H,26,27).